The lowest BCUT2D eigenvalue weighted by molar-refractivity contribution is -0.114. The standard InChI is InChI=1S/C16H15NO4S2/c1-2-14(18)22-15(19)13-9-6-10-17(13)23-16(20)21-11-12-7-4-3-5-8-12/h1,3-5,7-8,13H,6,9-11H2. The van der Waals surface area contributed by atoms with Crippen molar-refractivity contribution >= 4 is 39.2 Å². The van der Waals surface area contributed by atoms with E-state index in [0.29, 0.717) is 24.7 Å². The van der Waals surface area contributed by atoms with Crippen LogP contribution in [0, 0.1) is 12.3 Å². The molecule has 0 amide bonds. The maximum Gasteiger partial charge on any atom is 0.383 e. The number of nitrogens with zero attached hydrogens (tertiary/aromatic N) is 1. The molecule has 23 heavy (non-hydrogen) atoms. The van der Waals surface area contributed by atoms with E-state index in [4.69, 9.17) is 11.2 Å². The van der Waals surface area contributed by atoms with Crippen molar-refractivity contribution in [3.8, 4) is 12.3 Å². The molecule has 5 nitrogen and oxygen atoms in total. The average molecular weight is 349 g/mol. The van der Waals surface area contributed by atoms with Crippen LogP contribution < -0.4 is 0 Å². The van der Waals surface area contributed by atoms with Gasteiger partial charge in [-0.05, 0) is 24.3 Å². The molecule has 1 aromatic rings. The zero-order valence-electron chi connectivity index (χ0n) is 12.3. The molecule has 0 radical (unpaired) electrons. The van der Waals surface area contributed by atoms with E-state index in [1.165, 1.54) is 0 Å². The molecule has 0 saturated carbocycles. The number of ether oxygens (including phenoxy) is 1. The molecule has 0 bridgehead atoms. The second-order valence-electron chi connectivity index (χ2n) is 4.77. The van der Waals surface area contributed by atoms with Crippen molar-refractivity contribution in [1.82, 2.24) is 4.31 Å². The van der Waals surface area contributed by atoms with E-state index in [-0.39, 0.29) is 11.7 Å². The van der Waals surface area contributed by atoms with Crippen LogP contribution in [0.15, 0.2) is 30.3 Å². The number of carbonyl (C=O) groups is 3. The van der Waals surface area contributed by atoms with Crippen LogP contribution in [0.5, 0.6) is 0 Å². The molecule has 120 valence electrons. The Bertz CT molecular complexity index is 627. The van der Waals surface area contributed by atoms with Gasteiger partial charge in [-0.15, -0.1) is 6.42 Å². The van der Waals surface area contributed by atoms with Gasteiger partial charge in [0, 0.05) is 30.3 Å². The Morgan fingerprint density at radius 2 is 2.04 bits per heavy atom. The minimum atomic E-state index is -0.612. The highest BCUT2D eigenvalue weighted by Gasteiger charge is 2.34. The Morgan fingerprint density at radius 1 is 1.30 bits per heavy atom. The first kappa shape index (κ1) is 17.6. The van der Waals surface area contributed by atoms with Crippen molar-refractivity contribution in [2.75, 3.05) is 6.54 Å². The number of rotatable bonds is 4. The van der Waals surface area contributed by atoms with Crippen LogP contribution in [0.4, 0.5) is 4.79 Å². The lowest BCUT2D eigenvalue weighted by Gasteiger charge is -2.19. The predicted molar refractivity (Wildman–Crippen MR) is 90.4 cm³/mol. The molecular formula is C16H15NO4S2. The fraction of sp³-hybridized carbons (Fsp3) is 0.312. The largest absolute Gasteiger partial charge is 0.452 e. The van der Waals surface area contributed by atoms with Crippen molar-refractivity contribution in [2.45, 2.75) is 25.5 Å². The van der Waals surface area contributed by atoms with E-state index in [2.05, 4.69) is 0 Å². The van der Waals surface area contributed by atoms with Crippen molar-refractivity contribution in [1.29, 1.82) is 0 Å². The molecule has 0 N–H and O–H groups in total. The van der Waals surface area contributed by atoms with Crippen LogP contribution in [-0.2, 0) is 20.9 Å². The lowest BCUT2D eigenvalue weighted by Crippen LogP contribution is -2.31. The van der Waals surface area contributed by atoms with Gasteiger partial charge in [0.15, 0.2) is 0 Å². The van der Waals surface area contributed by atoms with E-state index in [9.17, 15) is 14.4 Å². The highest BCUT2D eigenvalue weighted by Crippen LogP contribution is 2.30. The van der Waals surface area contributed by atoms with Crippen molar-refractivity contribution in [3.05, 3.63) is 35.9 Å². The molecule has 1 aliphatic heterocycles. The molecule has 0 aliphatic carbocycles. The van der Waals surface area contributed by atoms with E-state index >= 15 is 0 Å². The van der Waals surface area contributed by atoms with Gasteiger partial charge in [-0.2, -0.15) is 0 Å². The van der Waals surface area contributed by atoms with Gasteiger partial charge in [-0.1, -0.05) is 30.3 Å². The molecular weight excluding hydrogens is 334 g/mol. The number of terminal acetylenes is 1. The fourth-order valence-electron chi connectivity index (χ4n) is 2.11. The van der Waals surface area contributed by atoms with E-state index in [0.717, 1.165) is 23.9 Å². The summed E-state index contributed by atoms with van der Waals surface area (Å²) in [5.74, 6) is 1.90. The molecule has 1 unspecified atom stereocenters. The average Bonchev–Trinajstić information content (AvgIpc) is 3.02. The maximum atomic E-state index is 12.0. The first-order chi connectivity index (χ1) is 11.1. The van der Waals surface area contributed by atoms with Crippen LogP contribution >= 0.6 is 23.7 Å². The summed E-state index contributed by atoms with van der Waals surface area (Å²) in [5.41, 5.74) is 0.894. The van der Waals surface area contributed by atoms with Crippen molar-refractivity contribution < 1.29 is 19.1 Å². The topological polar surface area (TPSA) is 63.7 Å². The second-order valence-corrected chi connectivity index (χ2v) is 6.73. The molecule has 1 atom stereocenters. The number of thioether (sulfide) groups is 1. The summed E-state index contributed by atoms with van der Waals surface area (Å²) >= 11 is 1.39. The third-order valence-electron chi connectivity index (χ3n) is 3.18. The summed E-state index contributed by atoms with van der Waals surface area (Å²) < 4.78 is 6.84. The second kappa shape index (κ2) is 8.77. The smallest absolute Gasteiger partial charge is 0.383 e. The van der Waals surface area contributed by atoms with Crippen LogP contribution in [-0.4, -0.2) is 32.4 Å². The van der Waals surface area contributed by atoms with Gasteiger partial charge in [0.1, 0.15) is 6.61 Å². The van der Waals surface area contributed by atoms with Gasteiger partial charge in [0.25, 0.3) is 5.12 Å². The van der Waals surface area contributed by atoms with Gasteiger partial charge in [0.05, 0.1) is 6.04 Å². The predicted octanol–water partition coefficient (Wildman–Crippen LogP) is 2.86. The first-order valence-electron chi connectivity index (χ1n) is 6.97. The molecule has 1 aliphatic rings. The quantitative estimate of drug-likeness (QED) is 0.470. The zero-order valence-corrected chi connectivity index (χ0v) is 13.9. The fourth-order valence-corrected chi connectivity index (χ4v) is 3.65. The van der Waals surface area contributed by atoms with Crippen LogP contribution in [0.2, 0.25) is 0 Å². The minimum Gasteiger partial charge on any atom is -0.452 e. The van der Waals surface area contributed by atoms with Crippen molar-refractivity contribution in [3.63, 3.8) is 0 Å². The minimum absolute atomic E-state index is 0.184. The molecule has 1 saturated heterocycles. The van der Waals surface area contributed by atoms with Gasteiger partial charge < -0.3 is 4.74 Å². The van der Waals surface area contributed by atoms with E-state index in [1.807, 2.05) is 36.3 Å². The van der Waals surface area contributed by atoms with Crippen LogP contribution in [0.3, 0.4) is 0 Å². The van der Waals surface area contributed by atoms with E-state index in [1.54, 1.807) is 4.31 Å². The van der Waals surface area contributed by atoms with Gasteiger partial charge >= 0.3 is 5.30 Å². The van der Waals surface area contributed by atoms with Crippen LogP contribution in [0.25, 0.3) is 0 Å². The highest BCUT2D eigenvalue weighted by molar-refractivity contribution is 8.26. The molecule has 7 heteroatoms. The summed E-state index contributed by atoms with van der Waals surface area (Å²) in [7, 11) is 0. The van der Waals surface area contributed by atoms with Gasteiger partial charge in [-0.25, -0.2) is 9.10 Å². The molecule has 1 aromatic carbocycles. The van der Waals surface area contributed by atoms with E-state index < -0.39 is 16.5 Å². The van der Waals surface area contributed by atoms with Gasteiger partial charge in [-0.3, -0.25) is 9.59 Å². The SMILES string of the molecule is C#CC(=O)SC(=O)C1CCCN1SC(=O)OCc1ccccc1. The summed E-state index contributed by atoms with van der Waals surface area (Å²) in [6.45, 7) is 0.774. The van der Waals surface area contributed by atoms with Gasteiger partial charge in [0.2, 0.25) is 5.12 Å². The summed E-state index contributed by atoms with van der Waals surface area (Å²) in [4.78, 5) is 35.1. The summed E-state index contributed by atoms with van der Waals surface area (Å²) in [6, 6.07) is 8.85. The Morgan fingerprint density at radius 3 is 2.74 bits per heavy atom. The molecule has 0 spiro atoms. The zero-order chi connectivity index (χ0) is 16.7. The monoisotopic (exact) mass is 349 g/mol. The number of hydrogen-bond acceptors (Lipinski definition) is 7. The lowest BCUT2D eigenvalue weighted by atomic mass is 10.2. The number of carbonyl (C=O) groups excluding carboxylic acids is 3. The normalized spacial score (nSPS) is 17.4. The Kier molecular flexibility index (Phi) is 6.71. The Labute approximate surface area is 143 Å². The number of benzene rings is 1. The summed E-state index contributed by atoms with van der Waals surface area (Å²) in [6.07, 6.45) is 6.34. The highest BCUT2D eigenvalue weighted by atomic mass is 32.2. The molecule has 1 heterocycles. The Hall–Kier alpha value is -1.75. The Balaban J connectivity index is 1.83. The first-order valence-corrected chi connectivity index (χ1v) is 8.56. The molecule has 0 aromatic heterocycles. The third-order valence-corrected chi connectivity index (χ3v) is 4.89. The third kappa shape index (κ3) is 5.43. The maximum absolute atomic E-state index is 12.0. The summed E-state index contributed by atoms with van der Waals surface area (Å²) in [5, 5.41) is -1.41. The van der Waals surface area contributed by atoms with Crippen molar-refractivity contribution in [2.24, 2.45) is 0 Å². The van der Waals surface area contributed by atoms with Crippen LogP contribution in [0.1, 0.15) is 18.4 Å². The number of hydrogen-bond donors (Lipinski definition) is 0. The molecule has 2 rings (SSSR count). The molecule has 1 fully saturated rings.